The maximum Gasteiger partial charge on any atom is 0.323 e. The fraction of sp³-hybridized carbons (Fsp3) is 0.654. The van der Waals surface area contributed by atoms with Crippen LogP contribution < -0.4 is 20.1 Å². The highest BCUT2D eigenvalue weighted by Crippen LogP contribution is 2.60. The summed E-state index contributed by atoms with van der Waals surface area (Å²) in [4.78, 5) is 13.8. The van der Waals surface area contributed by atoms with E-state index >= 15 is 0 Å². The molecule has 1 aromatic heterocycles. The summed E-state index contributed by atoms with van der Waals surface area (Å²) in [6.45, 7) is 3.11. The molecule has 2 N–H and O–H groups in total. The van der Waals surface area contributed by atoms with Crippen LogP contribution in [0.5, 0.6) is 11.8 Å². The molecule has 3 aliphatic carbocycles. The van der Waals surface area contributed by atoms with Gasteiger partial charge in [-0.1, -0.05) is 26.2 Å². The molecular formula is C26H36FN5O2. The van der Waals surface area contributed by atoms with E-state index in [0.717, 1.165) is 25.3 Å². The second-order valence-electron chi connectivity index (χ2n) is 10.1. The molecule has 8 heteroatoms. The summed E-state index contributed by atoms with van der Waals surface area (Å²) in [7, 11) is 1.45. The van der Waals surface area contributed by atoms with E-state index in [-0.39, 0.29) is 17.3 Å². The lowest BCUT2D eigenvalue weighted by Gasteiger charge is -2.47. The van der Waals surface area contributed by atoms with Gasteiger partial charge >= 0.3 is 6.01 Å². The molecule has 0 amide bonds. The third kappa shape index (κ3) is 4.64. The maximum atomic E-state index is 14.2. The molecule has 0 aliphatic heterocycles. The lowest BCUT2D eigenvalue weighted by atomic mass is 9.59. The zero-order valence-electron chi connectivity index (χ0n) is 20.3. The van der Waals surface area contributed by atoms with Crippen molar-refractivity contribution in [1.82, 2.24) is 15.0 Å². The van der Waals surface area contributed by atoms with Gasteiger partial charge in [-0.25, -0.2) is 4.39 Å². The van der Waals surface area contributed by atoms with Crippen molar-refractivity contribution in [1.29, 1.82) is 0 Å². The Morgan fingerprint density at radius 2 is 1.85 bits per heavy atom. The predicted molar refractivity (Wildman–Crippen MR) is 130 cm³/mol. The van der Waals surface area contributed by atoms with E-state index in [1.54, 1.807) is 12.1 Å². The molecule has 1 heterocycles. The van der Waals surface area contributed by atoms with E-state index in [4.69, 9.17) is 9.47 Å². The lowest BCUT2D eigenvalue weighted by Crippen LogP contribution is -2.45. The van der Waals surface area contributed by atoms with Gasteiger partial charge < -0.3 is 20.1 Å². The number of methoxy groups -OCH3 is 1. The van der Waals surface area contributed by atoms with E-state index in [1.807, 2.05) is 0 Å². The van der Waals surface area contributed by atoms with Crippen molar-refractivity contribution in [3.8, 4) is 11.8 Å². The van der Waals surface area contributed by atoms with Crippen LogP contribution >= 0.6 is 0 Å². The fourth-order valence-corrected chi connectivity index (χ4v) is 6.26. The highest BCUT2D eigenvalue weighted by Gasteiger charge is 2.56. The van der Waals surface area contributed by atoms with E-state index in [9.17, 15) is 4.39 Å². The number of ether oxygens (including phenoxy) is 2. The quantitative estimate of drug-likeness (QED) is 0.459. The fourth-order valence-electron chi connectivity index (χ4n) is 6.26. The minimum absolute atomic E-state index is 0.135. The molecule has 2 aromatic rings. The van der Waals surface area contributed by atoms with Crippen molar-refractivity contribution in [3.05, 3.63) is 24.0 Å². The third-order valence-electron chi connectivity index (χ3n) is 8.39. The van der Waals surface area contributed by atoms with Crippen LogP contribution in [0.4, 0.5) is 22.0 Å². The Morgan fingerprint density at radius 3 is 2.56 bits per heavy atom. The van der Waals surface area contributed by atoms with Crippen molar-refractivity contribution in [2.75, 3.05) is 24.3 Å². The molecule has 3 aliphatic rings. The van der Waals surface area contributed by atoms with E-state index in [2.05, 4.69) is 32.5 Å². The van der Waals surface area contributed by atoms with Crippen LogP contribution in [0.25, 0.3) is 0 Å². The van der Waals surface area contributed by atoms with Gasteiger partial charge in [-0.05, 0) is 68.9 Å². The van der Waals surface area contributed by atoms with Crippen molar-refractivity contribution in [2.45, 2.75) is 77.2 Å². The topological polar surface area (TPSA) is 81.2 Å². The Kier molecular flexibility index (Phi) is 6.75. The molecule has 0 saturated heterocycles. The number of halogens is 1. The molecular weight excluding hydrogens is 433 g/mol. The molecule has 5 rings (SSSR count). The lowest BCUT2D eigenvalue weighted by molar-refractivity contribution is -0.0348. The van der Waals surface area contributed by atoms with Crippen LogP contribution in [0.2, 0.25) is 0 Å². The van der Waals surface area contributed by atoms with Gasteiger partial charge in [0.25, 0.3) is 0 Å². The normalized spacial score (nSPS) is 26.4. The van der Waals surface area contributed by atoms with Crippen molar-refractivity contribution < 1.29 is 13.9 Å². The van der Waals surface area contributed by atoms with Gasteiger partial charge in [-0.15, -0.1) is 0 Å². The van der Waals surface area contributed by atoms with Crippen LogP contribution in [-0.2, 0) is 0 Å². The smallest absolute Gasteiger partial charge is 0.323 e. The van der Waals surface area contributed by atoms with Gasteiger partial charge in [-0.2, -0.15) is 15.0 Å². The van der Waals surface area contributed by atoms with Gasteiger partial charge in [0.15, 0.2) is 11.6 Å². The second kappa shape index (κ2) is 9.92. The van der Waals surface area contributed by atoms with Gasteiger partial charge in [0.05, 0.1) is 7.11 Å². The first kappa shape index (κ1) is 23.1. The monoisotopic (exact) mass is 469 g/mol. The Labute approximate surface area is 201 Å². The summed E-state index contributed by atoms with van der Waals surface area (Å²) in [6, 6.07) is 5.03. The Bertz CT molecular complexity index is 995. The van der Waals surface area contributed by atoms with Crippen molar-refractivity contribution in [2.24, 2.45) is 17.3 Å². The Hall–Kier alpha value is -2.64. The van der Waals surface area contributed by atoms with Crippen molar-refractivity contribution >= 4 is 17.6 Å². The number of hydrogen-bond donors (Lipinski definition) is 2. The van der Waals surface area contributed by atoms with Gasteiger partial charge in [0, 0.05) is 23.7 Å². The molecule has 34 heavy (non-hydrogen) atoms. The summed E-state index contributed by atoms with van der Waals surface area (Å²) in [5.41, 5.74) is 0.799. The number of benzene rings is 1. The largest absolute Gasteiger partial charge is 0.494 e. The van der Waals surface area contributed by atoms with E-state index in [0.29, 0.717) is 29.5 Å². The van der Waals surface area contributed by atoms with Crippen LogP contribution in [0.1, 0.15) is 71.1 Å². The molecule has 3 atom stereocenters. The Balaban J connectivity index is 1.36. The van der Waals surface area contributed by atoms with E-state index in [1.165, 1.54) is 64.5 Å². The number of nitrogens with zero attached hydrogens (tertiary/aromatic N) is 3. The molecule has 0 bridgehead atoms. The van der Waals surface area contributed by atoms with Crippen LogP contribution in [0.15, 0.2) is 18.2 Å². The van der Waals surface area contributed by atoms with Gasteiger partial charge in [-0.3, -0.25) is 0 Å². The highest BCUT2D eigenvalue weighted by molar-refractivity contribution is 5.56. The summed E-state index contributed by atoms with van der Waals surface area (Å²) >= 11 is 0. The molecule has 3 saturated carbocycles. The molecule has 0 spiro atoms. The Morgan fingerprint density at radius 1 is 1.03 bits per heavy atom. The maximum absolute atomic E-state index is 14.2. The first-order valence-electron chi connectivity index (χ1n) is 12.9. The minimum atomic E-state index is -0.444. The first-order chi connectivity index (χ1) is 16.6. The minimum Gasteiger partial charge on any atom is -0.494 e. The number of anilines is 3. The average Bonchev–Trinajstić information content (AvgIpc) is 3.07. The third-order valence-corrected chi connectivity index (χ3v) is 8.39. The zero-order chi connectivity index (χ0) is 23.5. The number of aromatic nitrogens is 3. The molecule has 3 unspecified atom stereocenters. The van der Waals surface area contributed by atoms with Crippen molar-refractivity contribution in [3.63, 3.8) is 0 Å². The van der Waals surface area contributed by atoms with Crippen LogP contribution in [0, 0.1) is 23.1 Å². The summed E-state index contributed by atoms with van der Waals surface area (Å²) in [6.07, 6.45) is 12.4. The molecule has 0 radical (unpaired) electrons. The van der Waals surface area contributed by atoms with Crippen LogP contribution in [-0.4, -0.2) is 34.7 Å². The van der Waals surface area contributed by atoms with E-state index < -0.39 is 5.82 Å². The molecule has 184 valence electrons. The number of rotatable bonds is 9. The number of hydrogen-bond acceptors (Lipinski definition) is 7. The average molecular weight is 470 g/mol. The number of fused-ring (bicyclic) bond motifs is 1. The van der Waals surface area contributed by atoms with Gasteiger partial charge in [0.2, 0.25) is 11.9 Å². The summed E-state index contributed by atoms with van der Waals surface area (Å²) in [5.74, 6) is 1.99. The standard InChI is InChI=1S/C26H36FN5O2/c1-3-26-14-13-18(26)9-12-22(26)34-25-31-23(28-16-17-7-5-4-6-8-17)30-24(32-25)29-19-10-11-21(33-2)20(27)15-19/h10-11,15,17-18,22H,3-9,12-14,16H2,1-2H3,(H2,28,29,30,31,32). The zero-order valence-corrected chi connectivity index (χ0v) is 20.3. The van der Waals surface area contributed by atoms with Gasteiger partial charge in [0.1, 0.15) is 6.10 Å². The second-order valence-corrected chi connectivity index (χ2v) is 10.1. The molecule has 3 fully saturated rings. The predicted octanol–water partition coefficient (Wildman–Crippen LogP) is 6.10. The molecule has 7 nitrogen and oxygen atoms in total. The first-order valence-corrected chi connectivity index (χ1v) is 12.9. The van der Waals surface area contributed by atoms with Crippen LogP contribution in [0.3, 0.4) is 0 Å². The SMILES string of the molecule is CCC12CCC1CCC2Oc1nc(NCC2CCCCC2)nc(Nc2ccc(OC)c(F)c2)n1. The summed E-state index contributed by atoms with van der Waals surface area (Å²) in [5, 5.41) is 6.54. The summed E-state index contributed by atoms with van der Waals surface area (Å²) < 4.78 is 25.7. The molecule has 1 aromatic carbocycles. The highest BCUT2D eigenvalue weighted by atomic mass is 19.1. The number of nitrogens with one attached hydrogen (secondary N) is 2.